The number of benzene rings is 2. The van der Waals surface area contributed by atoms with E-state index in [-0.39, 0.29) is 12.7 Å². The van der Waals surface area contributed by atoms with Gasteiger partial charge in [0.2, 0.25) is 12.7 Å². The number of nitrogens with zero attached hydrogens (tertiary/aromatic N) is 2. The quantitative estimate of drug-likeness (QED) is 0.664. The van der Waals surface area contributed by atoms with E-state index in [0.29, 0.717) is 12.3 Å². The summed E-state index contributed by atoms with van der Waals surface area (Å²) in [6.07, 6.45) is 1.84. The Morgan fingerprint density at radius 1 is 1.19 bits per heavy atom. The lowest BCUT2D eigenvalue weighted by atomic mass is 10.2. The van der Waals surface area contributed by atoms with Crippen molar-refractivity contribution in [2.75, 3.05) is 12.5 Å². The number of rotatable bonds is 6. The third-order valence-corrected chi connectivity index (χ3v) is 5.32. The molecule has 0 atom stereocenters. The van der Waals surface area contributed by atoms with Gasteiger partial charge in [-0.15, -0.1) is 0 Å². The topological polar surface area (TPSA) is 65.4 Å². The van der Waals surface area contributed by atoms with Gasteiger partial charge in [0, 0.05) is 13.6 Å². The van der Waals surface area contributed by atoms with Crippen LogP contribution in [-0.2, 0) is 18.4 Å². The number of nitrogens with one attached hydrogen (secondary N) is 1. The smallest absolute Gasteiger partial charge is 0.231 e. The minimum atomic E-state index is -0.0399. The predicted molar refractivity (Wildman–Crippen MR) is 104 cm³/mol. The molecule has 138 valence electrons. The van der Waals surface area contributed by atoms with Crippen LogP contribution in [0, 0.1) is 0 Å². The lowest BCUT2D eigenvalue weighted by molar-refractivity contribution is -0.118. The molecule has 3 aromatic rings. The molecule has 2 aromatic carbocycles. The first-order valence-corrected chi connectivity index (χ1v) is 9.54. The molecule has 0 radical (unpaired) electrons. The monoisotopic (exact) mass is 381 g/mol. The van der Waals surface area contributed by atoms with Gasteiger partial charge in [-0.1, -0.05) is 48.2 Å². The molecular weight excluding hydrogens is 362 g/mol. The molecule has 1 aromatic heterocycles. The van der Waals surface area contributed by atoms with Gasteiger partial charge in [0.1, 0.15) is 0 Å². The summed E-state index contributed by atoms with van der Waals surface area (Å²) in [6.45, 7) is 0.697. The van der Waals surface area contributed by atoms with Gasteiger partial charge in [-0.2, -0.15) is 0 Å². The molecule has 0 saturated heterocycles. The highest BCUT2D eigenvalue weighted by Gasteiger charge is 2.14. The number of hydrogen-bond acceptors (Lipinski definition) is 5. The standard InChI is InChI=1S/C20H19N3O3S/c1-23-16(15-5-3-2-4-6-15)11-22-20(23)27-12-19(24)21-10-14-7-8-17-18(9-14)26-13-25-17/h2-9,11H,10,12-13H2,1H3,(H,21,24). The molecule has 7 heteroatoms. The Kier molecular flexibility index (Phi) is 5.02. The summed E-state index contributed by atoms with van der Waals surface area (Å²) in [5, 5.41) is 3.74. The lowest BCUT2D eigenvalue weighted by Crippen LogP contribution is -2.24. The van der Waals surface area contributed by atoms with Gasteiger partial charge < -0.3 is 19.4 Å². The van der Waals surface area contributed by atoms with Gasteiger partial charge in [-0.05, 0) is 23.3 Å². The van der Waals surface area contributed by atoms with Gasteiger partial charge in [0.15, 0.2) is 16.7 Å². The van der Waals surface area contributed by atoms with Crippen molar-refractivity contribution in [1.82, 2.24) is 14.9 Å². The molecule has 0 aliphatic carbocycles. The predicted octanol–water partition coefficient (Wildman–Crippen LogP) is 3.22. The second-order valence-electron chi connectivity index (χ2n) is 6.10. The summed E-state index contributed by atoms with van der Waals surface area (Å²) in [7, 11) is 1.96. The van der Waals surface area contributed by atoms with E-state index in [2.05, 4.69) is 10.3 Å². The number of hydrogen-bond donors (Lipinski definition) is 1. The number of imidazole rings is 1. The maximum absolute atomic E-state index is 12.2. The molecule has 1 N–H and O–H groups in total. The summed E-state index contributed by atoms with van der Waals surface area (Å²) >= 11 is 1.42. The Labute approximate surface area is 161 Å². The summed E-state index contributed by atoms with van der Waals surface area (Å²) in [5.74, 6) is 1.73. The summed E-state index contributed by atoms with van der Waals surface area (Å²) < 4.78 is 12.6. The molecule has 1 amide bonds. The molecule has 27 heavy (non-hydrogen) atoms. The number of carbonyl (C=O) groups excluding carboxylic acids is 1. The van der Waals surface area contributed by atoms with E-state index in [1.807, 2.05) is 66.3 Å². The maximum Gasteiger partial charge on any atom is 0.231 e. The first-order chi connectivity index (χ1) is 13.2. The molecule has 0 fully saturated rings. The van der Waals surface area contributed by atoms with Gasteiger partial charge in [-0.3, -0.25) is 4.79 Å². The second kappa shape index (κ2) is 7.75. The molecule has 6 nitrogen and oxygen atoms in total. The van der Waals surface area contributed by atoms with E-state index in [1.54, 1.807) is 0 Å². The zero-order valence-corrected chi connectivity index (χ0v) is 15.7. The molecular formula is C20H19N3O3S. The third-order valence-electron chi connectivity index (χ3n) is 4.27. The van der Waals surface area contributed by atoms with E-state index < -0.39 is 0 Å². The van der Waals surface area contributed by atoms with Crippen LogP contribution in [0.15, 0.2) is 59.9 Å². The molecule has 0 spiro atoms. The molecule has 2 heterocycles. The van der Waals surface area contributed by atoms with Crippen LogP contribution in [-0.4, -0.2) is 28.0 Å². The van der Waals surface area contributed by atoms with E-state index in [0.717, 1.165) is 33.5 Å². The highest BCUT2D eigenvalue weighted by atomic mass is 32.2. The third kappa shape index (κ3) is 3.93. The number of thioether (sulfide) groups is 1. The average Bonchev–Trinajstić information content (AvgIpc) is 3.31. The highest BCUT2D eigenvalue weighted by molar-refractivity contribution is 7.99. The van der Waals surface area contributed by atoms with E-state index in [4.69, 9.17) is 9.47 Å². The van der Waals surface area contributed by atoms with Crippen molar-refractivity contribution in [2.24, 2.45) is 7.05 Å². The van der Waals surface area contributed by atoms with Gasteiger partial charge >= 0.3 is 0 Å². The van der Waals surface area contributed by atoms with Crippen molar-refractivity contribution in [1.29, 1.82) is 0 Å². The number of ether oxygens (including phenoxy) is 2. The van der Waals surface area contributed by atoms with Crippen LogP contribution in [0.3, 0.4) is 0 Å². The van der Waals surface area contributed by atoms with Crippen LogP contribution in [0.5, 0.6) is 11.5 Å². The fourth-order valence-electron chi connectivity index (χ4n) is 2.84. The summed E-state index contributed by atoms with van der Waals surface area (Å²) in [4.78, 5) is 16.6. The Morgan fingerprint density at radius 3 is 2.85 bits per heavy atom. The SMILES string of the molecule is Cn1c(-c2ccccc2)cnc1SCC(=O)NCc1ccc2c(c1)OCO2. The van der Waals surface area contributed by atoms with Crippen molar-refractivity contribution >= 4 is 17.7 Å². The normalized spacial score (nSPS) is 12.2. The van der Waals surface area contributed by atoms with Gasteiger partial charge in [-0.25, -0.2) is 4.98 Å². The van der Waals surface area contributed by atoms with Crippen molar-refractivity contribution < 1.29 is 14.3 Å². The van der Waals surface area contributed by atoms with E-state index in [1.165, 1.54) is 11.8 Å². The molecule has 0 unspecified atom stereocenters. The fraction of sp³-hybridized carbons (Fsp3) is 0.200. The zero-order chi connectivity index (χ0) is 18.6. The fourth-order valence-corrected chi connectivity index (χ4v) is 3.62. The molecule has 0 saturated carbocycles. The van der Waals surface area contributed by atoms with E-state index >= 15 is 0 Å². The summed E-state index contributed by atoms with van der Waals surface area (Å²) in [5.41, 5.74) is 3.10. The Bertz CT molecular complexity index is 956. The minimum absolute atomic E-state index is 0.0399. The zero-order valence-electron chi connectivity index (χ0n) is 14.8. The largest absolute Gasteiger partial charge is 0.454 e. The van der Waals surface area contributed by atoms with Crippen molar-refractivity contribution in [3.05, 3.63) is 60.3 Å². The van der Waals surface area contributed by atoms with Crippen molar-refractivity contribution in [3.8, 4) is 22.8 Å². The van der Waals surface area contributed by atoms with E-state index in [9.17, 15) is 4.79 Å². The van der Waals surface area contributed by atoms with Crippen molar-refractivity contribution in [3.63, 3.8) is 0 Å². The van der Waals surface area contributed by atoms with Crippen LogP contribution >= 0.6 is 11.8 Å². The van der Waals surface area contributed by atoms with Crippen molar-refractivity contribution in [2.45, 2.75) is 11.7 Å². The number of fused-ring (bicyclic) bond motifs is 1. The molecule has 1 aliphatic rings. The van der Waals surface area contributed by atoms with Crippen LogP contribution in [0.25, 0.3) is 11.3 Å². The average molecular weight is 381 g/mol. The molecule has 1 aliphatic heterocycles. The van der Waals surface area contributed by atoms with Gasteiger partial charge in [0.25, 0.3) is 0 Å². The van der Waals surface area contributed by atoms with Crippen LogP contribution in [0.2, 0.25) is 0 Å². The maximum atomic E-state index is 12.2. The van der Waals surface area contributed by atoms with Crippen LogP contribution < -0.4 is 14.8 Å². The second-order valence-corrected chi connectivity index (χ2v) is 7.05. The Balaban J connectivity index is 1.31. The first kappa shape index (κ1) is 17.5. The highest BCUT2D eigenvalue weighted by Crippen LogP contribution is 2.32. The number of aromatic nitrogens is 2. The molecule has 0 bridgehead atoms. The Morgan fingerprint density at radius 2 is 2.00 bits per heavy atom. The Hall–Kier alpha value is -2.93. The molecule has 4 rings (SSSR count). The number of amides is 1. The lowest BCUT2D eigenvalue weighted by Gasteiger charge is -2.07. The minimum Gasteiger partial charge on any atom is -0.454 e. The van der Waals surface area contributed by atoms with Crippen LogP contribution in [0.4, 0.5) is 0 Å². The van der Waals surface area contributed by atoms with Crippen LogP contribution in [0.1, 0.15) is 5.56 Å². The number of carbonyl (C=O) groups is 1. The first-order valence-electron chi connectivity index (χ1n) is 8.56. The summed E-state index contributed by atoms with van der Waals surface area (Å²) in [6, 6.07) is 15.7. The van der Waals surface area contributed by atoms with Gasteiger partial charge in [0.05, 0.1) is 17.6 Å².